The fraction of sp³-hybridized carbons (Fsp3) is 0.389. The van der Waals surface area contributed by atoms with Crippen LogP contribution in [0.15, 0.2) is 85.1 Å². The van der Waals surface area contributed by atoms with Crippen molar-refractivity contribution in [2.75, 3.05) is 0 Å². The van der Waals surface area contributed by atoms with E-state index in [-0.39, 0.29) is 12.3 Å². The summed E-state index contributed by atoms with van der Waals surface area (Å²) in [6.45, 7) is 5.34. The van der Waals surface area contributed by atoms with Crippen molar-refractivity contribution in [2.45, 2.75) is 82.8 Å². The van der Waals surface area contributed by atoms with Crippen molar-refractivity contribution < 1.29 is 24.5 Å². The predicted octanol–water partition coefficient (Wildman–Crippen LogP) is 4.84. The van der Waals surface area contributed by atoms with E-state index in [0.29, 0.717) is 25.7 Å². The van der Waals surface area contributed by atoms with Gasteiger partial charge in [0.2, 0.25) is 5.91 Å². The Kier molecular flexibility index (Phi) is 10.1. The molecule has 0 radical (unpaired) electrons. The number of para-hydroxylation sites is 2. The highest BCUT2D eigenvalue weighted by atomic mass is 16.6. The van der Waals surface area contributed by atoms with Gasteiger partial charge in [-0.15, -0.1) is 0 Å². The predicted molar refractivity (Wildman–Crippen MR) is 172 cm³/mol. The molecule has 0 spiro atoms. The number of nitrogens with zero attached hydrogens (tertiary/aromatic N) is 2. The molecule has 0 fully saturated rings. The molecule has 0 saturated carbocycles. The van der Waals surface area contributed by atoms with Crippen molar-refractivity contribution >= 4 is 23.0 Å². The Labute approximate surface area is 264 Å². The van der Waals surface area contributed by atoms with E-state index < -0.39 is 41.9 Å². The molecule has 1 heterocycles. The van der Waals surface area contributed by atoms with Crippen molar-refractivity contribution in [1.82, 2.24) is 20.6 Å². The molecule has 45 heavy (non-hydrogen) atoms. The smallest absolute Gasteiger partial charge is 0.407 e. The molecular formula is C36H42N4O5. The molecule has 1 aromatic heterocycles. The third-order valence-corrected chi connectivity index (χ3v) is 8.11. The zero-order valence-electron chi connectivity index (χ0n) is 26.0. The van der Waals surface area contributed by atoms with Crippen molar-refractivity contribution in [3.05, 3.63) is 107 Å². The van der Waals surface area contributed by atoms with Crippen LogP contribution in [0.4, 0.5) is 4.79 Å². The van der Waals surface area contributed by atoms with E-state index in [1.807, 2.05) is 78.9 Å². The van der Waals surface area contributed by atoms with Crippen LogP contribution in [0.5, 0.6) is 0 Å². The number of fused-ring (bicyclic) bond motifs is 2. The molecule has 5 atom stereocenters. The summed E-state index contributed by atoms with van der Waals surface area (Å²) in [6, 6.07) is 23.6. The van der Waals surface area contributed by atoms with Gasteiger partial charge in [0.15, 0.2) is 0 Å². The van der Waals surface area contributed by atoms with Crippen LogP contribution in [-0.4, -0.2) is 56.0 Å². The van der Waals surface area contributed by atoms with E-state index >= 15 is 0 Å². The summed E-state index contributed by atoms with van der Waals surface area (Å²) in [6.07, 6.45) is 0.971. The van der Waals surface area contributed by atoms with Gasteiger partial charge in [0.25, 0.3) is 0 Å². The maximum absolute atomic E-state index is 13.9. The Morgan fingerprint density at radius 2 is 1.67 bits per heavy atom. The van der Waals surface area contributed by atoms with Crippen LogP contribution >= 0.6 is 0 Å². The number of hydrogen-bond acceptors (Lipinski definition) is 7. The molecule has 4 N–H and O–H groups in total. The summed E-state index contributed by atoms with van der Waals surface area (Å²) in [5.41, 5.74) is 4.40. The largest absolute Gasteiger partial charge is 0.444 e. The van der Waals surface area contributed by atoms with Gasteiger partial charge in [-0.1, -0.05) is 66.7 Å². The Morgan fingerprint density at radius 3 is 2.42 bits per heavy atom. The Bertz CT molecular complexity index is 1610. The van der Waals surface area contributed by atoms with Gasteiger partial charge in [-0.25, -0.2) is 9.78 Å². The van der Waals surface area contributed by atoms with Crippen molar-refractivity contribution in [1.29, 1.82) is 0 Å². The second kappa shape index (κ2) is 14.2. The van der Waals surface area contributed by atoms with E-state index in [0.717, 1.165) is 33.4 Å². The maximum atomic E-state index is 13.9. The number of hydrogen-bond donors (Lipinski definition) is 4. The first-order valence-electron chi connectivity index (χ1n) is 15.5. The molecule has 1 aliphatic carbocycles. The average molecular weight is 611 g/mol. The van der Waals surface area contributed by atoms with Gasteiger partial charge in [0.05, 0.1) is 41.0 Å². The molecule has 0 bridgehead atoms. The van der Waals surface area contributed by atoms with Crippen molar-refractivity contribution in [3.8, 4) is 0 Å². The van der Waals surface area contributed by atoms with E-state index in [4.69, 9.17) is 9.72 Å². The highest BCUT2D eigenvalue weighted by molar-refractivity contribution is 5.79. The third kappa shape index (κ3) is 8.65. The fourth-order valence-corrected chi connectivity index (χ4v) is 5.88. The second-order valence-corrected chi connectivity index (χ2v) is 12.8. The molecule has 5 rings (SSSR count). The molecule has 3 aromatic carbocycles. The maximum Gasteiger partial charge on any atom is 0.407 e. The minimum atomic E-state index is -1.07. The summed E-state index contributed by atoms with van der Waals surface area (Å²) in [5, 5.41) is 28.4. The molecule has 1 aliphatic rings. The lowest BCUT2D eigenvalue weighted by Gasteiger charge is -2.29. The minimum absolute atomic E-state index is 0.0740. The quantitative estimate of drug-likeness (QED) is 0.191. The lowest BCUT2D eigenvalue weighted by molar-refractivity contribution is -0.128. The monoisotopic (exact) mass is 610 g/mol. The van der Waals surface area contributed by atoms with Crippen molar-refractivity contribution in [3.63, 3.8) is 0 Å². The van der Waals surface area contributed by atoms with Gasteiger partial charge in [0.1, 0.15) is 5.60 Å². The summed E-state index contributed by atoms with van der Waals surface area (Å²) in [5.74, 6) is -0.925. The van der Waals surface area contributed by atoms with Crippen LogP contribution in [0, 0.1) is 5.92 Å². The Hall–Kier alpha value is -4.34. The highest BCUT2D eigenvalue weighted by Crippen LogP contribution is 2.32. The number of rotatable bonds is 11. The number of amides is 2. The van der Waals surface area contributed by atoms with Crippen LogP contribution in [0.25, 0.3) is 11.0 Å². The number of alkyl carbamates (subject to hydrolysis) is 1. The Balaban J connectivity index is 1.37. The third-order valence-electron chi connectivity index (χ3n) is 8.11. The van der Waals surface area contributed by atoms with Gasteiger partial charge in [0, 0.05) is 18.5 Å². The van der Waals surface area contributed by atoms with Gasteiger partial charge in [-0.05, 0) is 75.3 Å². The van der Waals surface area contributed by atoms with E-state index in [1.165, 1.54) is 0 Å². The number of ether oxygens (including phenoxy) is 1. The van der Waals surface area contributed by atoms with Gasteiger partial charge < -0.3 is 25.6 Å². The van der Waals surface area contributed by atoms with E-state index in [9.17, 15) is 19.8 Å². The molecule has 0 aliphatic heterocycles. The fourth-order valence-electron chi connectivity index (χ4n) is 5.88. The normalized spacial score (nSPS) is 18.1. The number of carbonyl (C=O) groups excluding carboxylic acids is 2. The van der Waals surface area contributed by atoms with Crippen LogP contribution in [-0.2, 0) is 28.8 Å². The van der Waals surface area contributed by atoms with Crippen LogP contribution < -0.4 is 10.6 Å². The van der Waals surface area contributed by atoms with Gasteiger partial charge >= 0.3 is 6.09 Å². The first-order chi connectivity index (χ1) is 21.6. The molecule has 236 valence electrons. The second-order valence-electron chi connectivity index (χ2n) is 12.8. The Morgan fingerprint density at radius 1 is 0.978 bits per heavy atom. The number of aromatic nitrogens is 2. The summed E-state index contributed by atoms with van der Waals surface area (Å²) >= 11 is 0. The number of nitrogens with one attached hydrogen (secondary N) is 2. The first-order valence-corrected chi connectivity index (χ1v) is 15.5. The average Bonchev–Trinajstić information content (AvgIpc) is 3.32. The van der Waals surface area contributed by atoms with Gasteiger partial charge in [-0.2, -0.15) is 0 Å². The standard InChI is InChI=1S/C36H42N4O5/c1-36(2,3)45-35(44)39-30(19-23-11-5-4-6-12-23)31(41)21-25(17-18-26-22-37-28-15-9-10-16-29(28)38-26)34(43)40-33-27-14-8-7-13-24(27)20-32(33)42/h4-16,22,25,30-33,41-42H,17-21H2,1-3H3,(H,39,44)(H,40,43)/t25-,30-,31-,32+,33-/m0/s1. The van der Waals surface area contributed by atoms with Crippen molar-refractivity contribution in [2.24, 2.45) is 5.92 Å². The number of aryl methyl sites for hydroxylation is 1. The zero-order chi connectivity index (χ0) is 32.0. The topological polar surface area (TPSA) is 134 Å². The highest BCUT2D eigenvalue weighted by Gasteiger charge is 2.35. The molecule has 0 saturated heterocycles. The molecule has 4 aromatic rings. The molecule has 9 nitrogen and oxygen atoms in total. The number of aliphatic hydroxyl groups excluding tert-OH is 2. The summed E-state index contributed by atoms with van der Waals surface area (Å²) in [4.78, 5) is 36.0. The van der Waals surface area contributed by atoms with Crippen LogP contribution in [0.3, 0.4) is 0 Å². The van der Waals surface area contributed by atoms with E-state index in [1.54, 1.807) is 27.0 Å². The number of carbonyl (C=O) groups is 2. The lowest BCUT2D eigenvalue weighted by atomic mass is 9.89. The molecule has 9 heteroatoms. The number of aliphatic hydroxyl groups is 2. The van der Waals surface area contributed by atoms with Crippen LogP contribution in [0.2, 0.25) is 0 Å². The number of benzene rings is 3. The molecular weight excluding hydrogens is 568 g/mol. The van der Waals surface area contributed by atoms with Gasteiger partial charge in [-0.3, -0.25) is 9.78 Å². The zero-order valence-corrected chi connectivity index (χ0v) is 26.0. The molecule has 0 unspecified atom stereocenters. The lowest BCUT2D eigenvalue weighted by Crippen LogP contribution is -2.48. The van der Waals surface area contributed by atoms with Crippen LogP contribution in [0.1, 0.15) is 62.0 Å². The minimum Gasteiger partial charge on any atom is -0.444 e. The SMILES string of the molecule is CC(C)(C)OC(=O)N[C@@H](Cc1ccccc1)[C@@H](O)C[C@H](CCc1cnc2ccccc2n1)C(=O)N[C@H]1c2ccccc2C[C@H]1O. The summed E-state index contributed by atoms with van der Waals surface area (Å²) < 4.78 is 5.50. The summed E-state index contributed by atoms with van der Waals surface area (Å²) in [7, 11) is 0. The molecule has 2 amide bonds. The van der Waals surface area contributed by atoms with E-state index in [2.05, 4.69) is 15.6 Å². The first kappa shape index (κ1) is 32.1.